The Bertz CT molecular complexity index is 408. The number of nitrogens with one attached hydrogen (secondary N) is 2. The van der Waals surface area contributed by atoms with Crippen molar-refractivity contribution in [2.45, 2.75) is 25.9 Å². The lowest BCUT2D eigenvalue weighted by Crippen LogP contribution is -2.23. The highest BCUT2D eigenvalue weighted by Crippen LogP contribution is 2.16. The van der Waals surface area contributed by atoms with Crippen LogP contribution in [0.25, 0.3) is 0 Å². The van der Waals surface area contributed by atoms with Gasteiger partial charge in [0, 0.05) is 18.4 Å². The van der Waals surface area contributed by atoms with E-state index in [2.05, 4.69) is 53.4 Å². The zero-order valence-corrected chi connectivity index (χ0v) is 9.64. The van der Waals surface area contributed by atoms with Crippen molar-refractivity contribution in [1.82, 2.24) is 15.3 Å². The van der Waals surface area contributed by atoms with E-state index in [1.165, 1.54) is 5.56 Å². The van der Waals surface area contributed by atoms with E-state index in [0.717, 1.165) is 5.82 Å². The number of hydrogen-bond acceptors (Lipinski definition) is 2. The van der Waals surface area contributed by atoms with Crippen LogP contribution in [0.15, 0.2) is 42.7 Å². The van der Waals surface area contributed by atoms with E-state index in [1.807, 2.05) is 12.3 Å². The number of nitrogens with zero attached hydrogens (tertiary/aromatic N) is 1. The molecule has 2 rings (SSSR count). The summed E-state index contributed by atoms with van der Waals surface area (Å²) < 4.78 is 0. The first-order chi connectivity index (χ1) is 7.77. The van der Waals surface area contributed by atoms with Gasteiger partial charge in [-0.15, -0.1) is 0 Å². The molecule has 0 fully saturated rings. The van der Waals surface area contributed by atoms with Gasteiger partial charge in [0.25, 0.3) is 0 Å². The Morgan fingerprint density at radius 2 is 1.88 bits per heavy atom. The number of hydrogen-bond donors (Lipinski definition) is 2. The minimum absolute atomic E-state index is 0.227. The molecule has 0 saturated carbocycles. The summed E-state index contributed by atoms with van der Waals surface area (Å²) in [7, 11) is 0. The summed E-state index contributed by atoms with van der Waals surface area (Å²) in [6, 6.07) is 11.0. The van der Waals surface area contributed by atoms with Crippen molar-refractivity contribution in [1.29, 1.82) is 0 Å². The zero-order valence-electron chi connectivity index (χ0n) is 9.64. The molecule has 2 aromatic rings. The van der Waals surface area contributed by atoms with Gasteiger partial charge in [-0.3, -0.25) is 0 Å². The van der Waals surface area contributed by atoms with Gasteiger partial charge < -0.3 is 10.3 Å². The largest absolute Gasteiger partial charge is 0.347 e. The Balaban J connectivity index is 2.00. The number of benzene rings is 1. The van der Waals surface area contributed by atoms with E-state index in [1.54, 1.807) is 6.20 Å². The van der Waals surface area contributed by atoms with Gasteiger partial charge in [-0.25, -0.2) is 4.98 Å². The molecule has 84 valence electrons. The van der Waals surface area contributed by atoms with Crippen LogP contribution < -0.4 is 5.32 Å². The summed E-state index contributed by atoms with van der Waals surface area (Å²) in [6.45, 7) is 4.27. The van der Waals surface area contributed by atoms with E-state index in [9.17, 15) is 0 Å². The Morgan fingerprint density at radius 1 is 1.12 bits per heavy atom. The lowest BCUT2D eigenvalue weighted by atomic mass is 10.1. The lowest BCUT2D eigenvalue weighted by Gasteiger charge is -2.18. The molecule has 2 atom stereocenters. The fourth-order valence-corrected chi connectivity index (χ4v) is 1.81. The molecular weight excluding hydrogens is 198 g/mol. The van der Waals surface area contributed by atoms with Crippen LogP contribution in [-0.4, -0.2) is 9.97 Å². The molecule has 0 aliphatic carbocycles. The monoisotopic (exact) mass is 215 g/mol. The third-order valence-corrected chi connectivity index (χ3v) is 2.73. The van der Waals surface area contributed by atoms with Gasteiger partial charge in [-0.05, 0) is 19.4 Å². The first-order valence-electron chi connectivity index (χ1n) is 5.57. The van der Waals surface area contributed by atoms with E-state index in [4.69, 9.17) is 0 Å². The Labute approximate surface area is 95.9 Å². The highest BCUT2D eigenvalue weighted by molar-refractivity contribution is 5.18. The van der Waals surface area contributed by atoms with Crippen molar-refractivity contribution in [3.05, 3.63) is 54.1 Å². The van der Waals surface area contributed by atoms with Gasteiger partial charge in [-0.2, -0.15) is 0 Å². The van der Waals surface area contributed by atoms with Crippen molar-refractivity contribution in [3.8, 4) is 0 Å². The van der Waals surface area contributed by atoms with E-state index >= 15 is 0 Å². The maximum absolute atomic E-state index is 4.24. The molecule has 0 saturated heterocycles. The van der Waals surface area contributed by atoms with Crippen molar-refractivity contribution in [2.24, 2.45) is 0 Å². The molecule has 16 heavy (non-hydrogen) atoms. The van der Waals surface area contributed by atoms with Crippen molar-refractivity contribution >= 4 is 0 Å². The zero-order chi connectivity index (χ0) is 11.4. The summed E-state index contributed by atoms with van der Waals surface area (Å²) >= 11 is 0. The first-order valence-corrected chi connectivity index (χ1v) is 5.57. The molecule has 0 bridgehead atoms. The second-order valence-corrected chi connectivity index (χ2v) is 4.00. The Kier molecular flexibility index (Phi) is 3.37. The van der Waals surface area contributed by atoms with Crippen LogP contribution in [0.3, 0.4) is 0 Å². The van der Waals surface area contributed by atoms with Gasteiger partial charge in [0.2, 0.25) is 0 Å². The molecule has 3 nitrogen and oxygen atoms in total. The Morgan fingerprint density at radius 3 is 2.50 bits per heavy atom. The van der Waals surface area contributed by atoms with Gasteiger partial charge >= 0.3 is 0 Å². The van der Waals surface area contributed by atoms with Crippen LogP contribution in [0.1, 0.15) is 37.3 Å². The predicted octanol–water partition coefficient (Wildman–Crippen LogP) is 2.82. The number of aromatic nitrogens is 2. The predicted molar refractivity (Wildman–Crippen MR) is 65.0 cm³/mol. The lowest BCUT2D eigenvalue weighted by molar-refractivity contribution is 0.479. The molecule has 1 aromatic carbocycles. The Hall–Kier alpha value is -1.61. The van der Waals surface area contributed by atoms with Crippen LogP contribution in [0.4, 0.5) is 0 Å². The van der Waals surface area contributed by atoms with E-state index in [0.29, 0.717) is 6.04 Å². The molecule has 0 aliphatic heterocycles. The third kappa shape index (κ3) is 2.49. The summed E-state index contributed by atoms with van der Waals surface area (Å²) in [5.74, 6) is 0.975. The molecule has 0 amide bonds. The minimum Gasteiger partial charge on any atom is -0.347 e. The fraction of sp³-hybridized carbons (Fsp3) is 0.308. The average Bonchev–Trinajstić information content (AvgIpc) is 2.83. The second kappa shape index (κ2) is 4.94. The maximum atomic E-state index is 4.24. The summed E-state index contributed by atoms with van der Waals surface area (Å²) in [5.41, 5.74) is 1.29. The maximum Gasteiger partial charge on any atom is 0.122 e. The van der Waals surface area contributed by atoms with E-state index in [-0.39, 0.29) is 6.04 Å². The van der Waals surface area contributed by atoms with Crippen molar-refractivity contribution in [3.63, 3.8) is 0 Å². The van der Waals surface area contributed by atoms with Crippen LogP contribution >= 0.6 is 0 Å². The number of rotatable bonds is 4. The molecule has 1 aromatic heterocycles. The van der Waals surface area contributed by atoms with Gasteiger partial charge in [0.15, 0.2) is 0 Å². The highest BCUT2D eigenvalue weighted by atomic mass is 15.0. The number of aromatic amines is 1. The molecule has 0 spiro atoms. The smallest absolute Gasteiger partial charge is 0.122 e. The minimum atomic E-state index is 0.227. The fourth-order valence-electron chi connectivity index (χ4n) is 1.81. The third-order valence-electron chi connectivity index (χ3n) is 2.73. The second-order valence-electron chi connectivity index (χ2n) is 4.00. The molecule has 2 unspecified atom stereocenters. The van der Waals surface area contributed by atoms with Gasteiger partial charge in [0.1, 0.15) is 5.82 Å². The molecular formula is C13H17N3. The number of imidazole rings is 1. The molecule has 0 radical (unpaired) electrons. The van der Waals surface area contributed by atoms with Gasteiger partial charge in [0.05, 0.1) is 6.04 Å². The molecule has 2 N–H and O–H groups in total. The van der Waals surface area contributed by atoms with Gasteiger partial charge in [-0.1, -0.05) is 30.3 Å². The normalized spacial score (nSPS) is 14.6. The van der Waals surface area contributed by atoms with E-state index < -0.39 is 0 Å². The van der Waals surface area contributed by atoms with Crippen molar-refractivity contribution < 1.29 is 0 Å². The summed E-state index contributed by atoms with van der Waals surface area (Å²) in [6.07, 6.45) is 3.63. The van der Waals surface area contributed by atoms with Crippen molar-refractivity contribution in [2.75, 3.05) is 0 Å². The summed E-state index contributed by atoms with van der Waals surface area (Å²) in [5, 5.41) is 3.50. The van der Waals surface area contributed by atoms with Crippen LogP contribution in [0, 0.1) is 0 Å². The SMILES string of the molecule is CC(NC(C)c1ncc[nH]1)c1ccccc1. The van der Waals surface area contributed by atoms with Crippen LogP contribution in [-0.2, 0) is 0 Å². The standard InChI is InChI=1S/C13H17N3/c1-10(12-6-4-3-5-7-12)16-11(2)13-14-8-9-15-13/h3-11,16H,1-2H3,(H,14,15). The highest BCUT2D eigenvalue weighted by Gasteiger charge is 2.11. The number of H-pyrrole nitrogens is 1. The summed E-state index contributed by atoms with van der Waals surface area (Å²) in [4.78, 5) is 7.36. The average molecular weight is 215 g/mol. The first kappa shape index (κ1) is 10.9. The van der Waals surface area contributed by atoms with Crippen LogP contribution in [0.5, 0.6) is 0 Å². The topological polar surface area (TPSA) is 40.7 Å². The van der Waals surface area contributed by atoms with Crippen LogP contribution in [0.2, 0.25) is 0 Å². The molecule has 1 heterocycles. The molecule has 3 heteroatoms. The quantitative estimate of drug-likeness (QED) is 0.823. The molecule has 0 aliphatic rings.